The van der Waals surface area contributed by atoms with Crippen LogP contribution in [0.4, 0.5) is 0 Å². The van der Waals surface area contributed by atoms with Crippen molar-refractivity contribution in [3.05, 3.63) is 28.5 Å². The van der Waals surface area contributed by atoms with Crippen LogP contribution in [0.2, 0.25) is 0 Å². The van der Waals surface area contributed by atoms with Crippen molar-refractivity contribution < 1.29 is 19.1 Å². The van der Waals surface area contributed by atoms with Crippen LogP contribution in [0.25, 0.3) is 4.91 Å². The fourth-order valence-corrected chi connectivity index (χ4v) is 7.73. The molecule has 1 aromatic rings. The molecule has 4 nitrogen and oxygen atoms in total. The summed E-state index contributed by atoms with van der Waals surface area (Å²) in [4.78, 5) is 28.7. The van der Waals surface area contributed by atoms with Crippen LogP contribution in [-0.4, -0.2) is 27.7 Å². The Labute approximate surface area is 230 Å². The molecule has 0 amide bonds. The highest BCUT2D eigenvalue weighted by Gasteiger charge is 2.65. The molecule has 0 atom stereocenters. The first kappa shape index (κ1) is 29.9. The van der Waals surface area contributed by atoms with Crippen LogP contribution in [0.1, 0.15) is 95.8 Å². The molecule has 34 heavy (non-hydrogen) atoms. The summed E-state index contributed by atoms with van der Waals surface area (Å²) in [5, 5.41) is 1.98. The van der Waals surface area contributed by atoms with E-state index < -0.39 is 19.9 Å². The molecule has 192 valence electrons. The first-order valence-electron chi connectivity index (χ1n) is 12.6. The molecule has 2 heterocycles. The first-order valence-corrected chi connectivity index (χ1v) is 15.8. The molecule has 0 saturated heterocycles. The van der Waals surface area contributed by atoms with Gasteiger partial charge in [0.1, 0.15) is 0 Å². The van der Waals surface area contributed by atoms with E-state index in [4.69, 9.17) is 9.47 Å². The van der Waals surface area contributed by atoms with Crippen molar-refractivity contribution in [1.29, 1.82) is 0 Å². The number of ether oxygens (including phenoxy) is 2. The molecule has 2 rings (SSSR count). The highest BCUT2D eigenvalue weighted by molar-refractivity contribution is 9.28. The highest BCUT2D eigenvalue weighted by atomic mass is 79.9. The average Bonchev–Trinajstić information content (AvgIpc) is 3.44. The van der Waals surface area contributed by atoms with Gasteiger partial charge >= 0.3 is 11.9 Å². The number of rotatable bonds is 17. The molecule has 0 N–H and O–H groups in total. The van der Waals surface area contributed by atoms with Gasteiger partial charge in [-0.2, -0.15) is 0 Å². The summed E-state index contributed by atoms with van der Waals surface area (Å²) >= 11 is 10.2. The lowest BCUT2D eigenvalue weighted by Gasteiger charge is -2.32. The molecule has 1 aliphatic heterocycles. The highest BCUT2D eigenvalue weighted by Crippen LogP contribution is 2.65. The molecule has 1 aliphatic rings. The molecule has 0 radical (unpaired) electrons. The maximum absolute atomic E-state index is 13.4. The Morgan fingerprint density at radius 2 is 1.32 bits per heavy atom. The van der Waals surface area contributed by atoms with Crippen LogP contribution in [-0.2, 0) is 19.1 Å². The molecule has 0 spiro atoms. The van der Waals surface area contributed by atoms with Gasteiger partial charge in [0, 0.05) is 9.78 Å². The van der Waals surface area contributed by atoms with Crippen LogP contribution < -0.4 is 0 Å². The lowest BCUT2D eigenvalue weighted by atomic mass is 9.89. The van der Waals surface area contributed by atoms with Gasteiger partial charge in [-0.05, 0) is 30.4 Å². The van der Waals surface area contributed by atoms with Gasteiger partial charge in [-0.3, -0.25) is 9.59 Å². The SMILES string of the molecule is CCCCCCCCOC(=O)C1(C(=O)OCCCCCCCC)C=C(c2cccs2)SC1(Br)Br. The molecular weight excluding hydrogens is 600 g/mol. The number of hydrogen-bond donors (Lipinski definition) is 0. The predicted molar refractivity (Wildman–Crippen MR) is 152 cm³/mol. The number of carbonyl (C=O) groups is 2. The summed E-state index contributed by atoms with van der Waals surface area (Å²) in [6.45, 7) is 5.00. The van der Waals surface area contributed by atoms with E-state index >= 15 is 0 Å². The van der Waals surface area contributed by atoms with E-state index in [0.29, 0.717) is 13.2 Å². The maximum atomic E-state index is 13.4. The van der Waals surface area contributed by atoms with Gasteiger partial charge in [-0.25, -0.2) is 0 Å². The minimum atomic E-state index is -1.60. The smallest absolute Gasteiger partial charge is 0.330 e. The van der Waals surface area contributed by atoms with Crippen molar-refractivity contribution >= 4 is 71.8 Å². The van der Waals surface area contributed by atoms with E-state index in [0.717, 1.165) is 48.3 Å². The quantitative estimate of drug-likeness (QED) is 0.0738. The second-order valence-electron chi connectivity index (χ2n) is 8.72. The van der Waals surface area contributed by atoms with Crippen molar-refractivity contribution in [2.45, 2.75) is 93.5 Å². The van der Waals surface area contributed by atoms with Gasteiger partial charge in [0.2, 0.25) is 5.41 Å². The third kappa shape index (κ3) is 8.38. The van der Waals surface area contributed by atoms with Gasteiger partial charge in [-0.1, -0.05) is 128 Å². The second kappa shape index (κ2) is 15.7. The molecule has 0 aliphatic carbocycles. The lowest BCUT2D eigenvalue weighted by molar-refractivity contribution is -0.167. The fraction of sp³-hybridized carbons (Fsp3) is 0.692. The van der Waals surface area contributed by atoms with Crippen molar-refractivity contribution in [2.24, 2.45) is 5.41 Å². The number of unbranched alkanes of at least 4 members (excludes halogenated alkanes) is 10. The van der Waals surface area contributed by atoms with Gasteiger partial charge < -0.3 is 9.47 Å². The second-order valence-corrected chi connectivity index (χ2v) is 15.4. The van der Waals surface area contributed by atoms with Crippen LogP contribution in [0.15, 0.2) is 23.6 Å². The molecule has 0 saturated carbocycles. The summed E-state index contributed by atoms with van der Waals surface area (Å²) in [6.07, 6.45) is 14.9. The van der Waals surface area contributed by atoms with Crippen molar-refractivity contribution in [2.75, 3.05) is 13.2 Å². The standard InChI is InChI=1S/C26H38Br2O4S2/c1-3-5-7-9-11-13-17-31-23(29)25(24(30)32-18-14-12-10-8-6-4-2)20-22(34-26(25,27)28)21-16-15-19-33-21/h15-16,19-20H,3-14,17-18H2,1-2H3. The summed E-state index contributed by atoms with van der Waals surface area (Å²) in [7, 11) is 0. The van der Waals surface area contributed by atoms with Crippen molar-refractivity contribution in [3.8, 4) is 0 Å². The van der Waals surface area contributed by atoms with E-state index in [-0.39, 0.29) is 0 Å². The molecule has 8 heteroatoms. The third-order valence-corrected chi connectivity index (χ3v) is 10.3. The largest absolute Gasteiger partial charge is 0.465 e. The molecule has 0 fully saturated rings. The summed E-state index contributed by atoms with van der Waals surface area (Å²) in [5.41, 5.74) is -1.60. The first-order chi connectivity index (χ1) is 16.4. The topological polar surface area (TPSA) is 52.6 Å². The minimum Gasteiger partial charge on any atom is -0.465 e. The Morgan fingerprint density at radius 1 is 0.824 bits per heavy atom. The molecule has 1 aromatic heterocycles. The van der Waals surface area contributed by atoms with Crippen LogP contribution in [0.5, 0.6) is 0 Å². The monoisotopic (exact) mass is 636 g/mol. The van der Waals surface area contributed by atoms with Gasteiger partial charge in [0.05, 0.1) is 13.2 Å². The molecule has 0 aromatic carbocycles. The average molecular weight is 639 g/mol. The van der Waals surface area contributed by atoms with Gasteiger partial charge in [0.15, 0.2) is 2.57 Å². The normalized spacial score (nSPS) is 16.3. The van der Waals surface area contributed by atoms with Gasteiger partial charge in [0.25, 0.3) is 0 Å². The molecule has 0 bridgehead atoms. The fourth-order valence-electron chi connectivity index (χ4n) is 3.83. The summed E-state index contributed by atoms with van der Waals surface area (Å²) < 4.78 is 10.3. The summed E-state index contributed by atoms with van der Waals surface area (Å²) in [5.74, 6) is -1.14. The zero-order chi connectivity index (χ0) is 24.9. The van der Waals surface area contributed by atoms with E-state index in [9.17, 15) is 9.59 Å². The third-order valence-electron chi connectivity index (χ3n) is 5.91. The number of halogens is 2. The van der Waals surface area contributed by atoms with Crippen LogP contribution >= 0.6 is 55.0 Å². The Hall–Kier alpha value is -0.310. The minimum absolute atomic E-state index is 0.306. The number of hydrogen-bond acceptors (Lipinski definition) is 6. The number of alkyl halides is 2. The number of thioether (sulfide) groups is 1. The van der Waals surface area contributed by atoms with Crippen LogP contribution in [0.3, 0.4) is 0 Å². The zero-order valence-electron chi connectivity index (χ0n) is 20.4. The Bertz CT molecular complexity index is 748. The zero-order valence-corrected chi connectivity index (χ0v) is 25.2. The van der Waals surface area contributed by atoms with E-state index in [1.54, 1.807) is 17.4 Å². The van der Waals surface area contributed by atoms with Crippen molar-refractivity contribution in [3.63, 3.8) is 0 Å². The Balaban J connectivity index is 2.06. The van der Waals surface area contributed by atoms with Crippen molar-refractivity contribution in [1.82, 2.24) is 0 Å². The summed E-state index contributed by atoms with van der Waals surface area (Å²) in [6, 6.07) is 3.94. The van der Waals surface area contributed by atoms with E-state index in [1.807, 2.05) is 17.5 Å². The maximum Gasteiger partial charge on any atom is 0.330 e. The Morgan fingerprint density at radius 3 is 1.79 bits per heavy atom. The molecular formula is C26H38Br2O4S2. The number of esters is 2. The number of carbonyl (C=O) groups excluding carboxylic acids is 2. The Kier molecular flexibility index (Phi) is 13.8. The number of thiophene rings is 1. The van der Waals surface area contributed by atoms with E-state index in [1.165, 1.54) is 50.3 Å². The predicted octanol–water partition coefficient (Wildman–Crippen LogP) is 9.07. The van der Waals surface area contributed by atoms with Gasteiger partial charge in [-0.15, -0.1) is 11.3 Å². The van der Waals surface area contributed by atoms with Crippen LogP contribution in [0, 0.1) is 5.41 Å². The molecule has 0 unspecified atom stereocenters. The lowest BCUT2D eigenvalue weighted by Crippen LogP contribution is -2.48. The van der Waals surface area contributed by atoms with E-state index in [2.05, 4.69) is 45.7 Å².